The van der Waals surface area contributed by atoms with Crippen LogP contribution in [0.3, 0.4) is 0 Å². The molecule has 0 atom stereocenters. The highest BCUT2D eigenvalue weighted by atomic mass is 16.5. The zero-order valence-corrected chi connectivity index (χ0v) is 27.8. The molecule has 0 saturated carbocycles. The van der Waals surface area contributed by atoms with E-state index in [-0.39, 0.29) is 44.6 Å². The Hall–Kier alpha value is -4.74. The van der Waals surface area contributed by atoms with Crippen LogP contribution in [0, 0.1) is 0 Å². The Bertz CT molecular complexity index is 1110. The second-order valence-corrected chi connectivity index (χ2v) is 9.48. The van der Waals surface area contributed by atoms with E-state index in [4.69, 9.17) is 5.73 Å². The van der Waals surface area contributed by atoms with E-state index < -0.39 is 98.6 Å². The number of nitrogens with one attached hydrogen (secondary N) is 3. The van der Waals surface area contributed by atoms with Gasteiger partial charge >= 0.3 is 11.9 Å². The molecular formula is C29H48N6O12. The van der Waals surface area contributed by atoms with Gasteiger partial charge in [0.25, 0.3) is 0 Å². The summed E-state index contributed by atoms with van der Waals surface area (Å²) < 4.78 is 9.05. The van der Waals surface area contributed by atoms with Crippen LogP contribution in [0.15, 0.2) is 0 Å². The summed E-state index contributed by atoms with van der Waals surface area (Å²) in [4.78, 5) is 122. The molecule has 0 aliphatic carbocycles. The quantitative estimate of drug-likeness (QED) is 0.0813. The van der Waals surface area contributed by atoms with Gasteiger partial charge in [0.2, 0.25) is 29.5 Å². The summed E-state index contributed by atoms with van der Waals surface area (Å²) in [7, 11) is 2.16. The molecule has 0 fully saturated rings. The number of carbonyl (C=O) groups excluding carboxylic acids is 10. The number of nitrogens with two attached hydrogens (primary N) is 1. The number of nitrogens with zero attached hydrogens (tertiary/aromatic N) is 2. The molecule has 47 heavy (non-hydrogen) atoms. The molecule has 0 rings (SSSR count). The lowest BCUT2D eigenvalue weighted by molar-refractivity contribution is -0.148. The topological polar surface area (TPSA) is 258 Å². The zero-order valence-electron chi connectivity index (χ0n) is 27.8. The van der Waals surface area contributed by atoms with E-state index in [1.54, 1.807) is 6.92 Å². The maximum absolute atomic E-state index is 12.7. The minimum atomic E-state index is -0.841. The molecule has 0 radical (unpaired) electrons. The smallest absolute Gasteiger partial charge is 0.325 e. The van der Waals surface area contributed by atoms with Crippen LogP contribution in [0.25, 0.3) is 0 Å². The second-order valence-electron chi connectivity index (χ2n) is 9.48. The molecule has 0 unspecified atom stereocenters. The van der Waals surface area contributed by atoms with Crippen LogP contribution in [0.1, 0.15) is 59.3 Å². The minimum absolute atomic E-state index is 0.0503. The Labute approximate surface area is 273 Å². The number of ketones is 3. The number of esters is 2. The number of hydrogen-bond donors (Lipinski definition) is 4. The lowest BCUT2D eigenvalue weighted by Gasteiger charge is -2.21. The summed E-state index contributed by atoms with van der Waals surface area (Å²) in [6.07, 6.45) is -1.46. The van der Waals surface area contributed by atoms with Crippen LogP contribution in [-0.2, 0) is 57.4 Å². The number of methoxy groups -OCH3 is 2. The van der Waals surface area contributed by atoms with Gasteiger partial charge in [0.05, 0.1) is 33.9 Å². The van der Waals surface area contributed by atoms with Gasteiger partial charge in [0, 0.05) is 45.1 Å². The Morgan fingerprint density at radius 2 is 0.915 bits per heavy atom. The Kier molecular flexibility index (Phi) is 25.0. The number of hydrogen-bond acceptors (Lipinski definition) is 13. The number of amides is 5. The van der Waals surface area contributed by atoms with Crippen LogP contribution in [0.4, 0.5) is 0 Å². The summed E-state index contributed by atoms with van der Waals surface area (Å²) >= 11 is 0. The summed E-state index contributed by atoms with van der Waals surface area (Å²) in [5.74, 6) is -6.41. The number of rotatable bonds is 23. The average molecular weight is 673 g/mol. The summed E-state index contributed by atoms with van der Waals surface area (Å²) in [5.41, 5.74) is 5.21. The molecule has 18 nitrogen and oxygen atoms in total. The maximum Gasteiger partial charge on any atom is 0.325 e. The Morgan fingerprint density at radius 1 is 0.532 bits per heavy atom. The van der Waals surface area contributed by atoms with Gasteiger partial charge in [-0.1, -0.05) is 13.8 Å². The van der Waals surface area contributed by atoms with Gasteiger partial charge in [-0.2, -0.15) is 0 Å². The molecule has 0 saturated heterocycles. The van der Waals surface area contributed by atoms with Gasteiger partial charge < -0.3 is 41.0 Å². The fourth-order valence-electron chi connectivity index (χ4n) is 3.38. The van der Waals surface area contributed by atoms with E-state index in [1.165, 1.54) is 0 Å². The SMILES string of the molecule is CC.CCNC(=O)CCC(=O)CNC(=O)CN(CC(=O)OC)C(=O)CCC(=O)CNC(=O)CN(CC(=O)OC)C(=O)CCC(=O)CN. The second kappa shape index (κ2) is 26.5. The first-order chi connectivity index (χ1) is 22.3. The first kappa shape index (κ1) is 44.4. The van der Waals surface area contributed by atoms with Crippen molar-refractivity contribution in [2.24, 2.45) is 5.73 Å². The first-order valence-corrected chi connectivity index (χ1v) is 15.0. The van der Waals surface area contributed by atoms with Crippen LogP contribution < -0.4 is 21.7 Å². The zero-order chi connectivity index (χ0) is 36.4. The molecule has 0 aromatic carbocycles. The number of ether oxygens (including phenoxy) is 2. The van der Waals surface area contributed by atoms with Crippen LogP contribution in [-0.4, -0.2) is 135 Å². The molecule has 5 N–H and O–H groups in total. The highest BCUT2D eigenvalue weighted by molar-refractivity contribution is 5.94. The lowest BCUT2D eigenvalue weighted by Crippen LogP contribution is -2.45. The van der Waals surface area contributed by atoms with E-state index >= 15 is 0 Å². The highest BCUT2D eigenvalue weighted by Gasteiger charge is 2.23. The van der Waals surface area contributed by atoms with Crippen molar-refractivity contribution in [2.45, 2.75) is 59.3 Å². The van der Waals surface area contributed by atoms with Crippen molar-refractivity contribution in [1.82, 2.24) is 25.8 Å². The monoisotopic (exact) mass is 672 g/mol. The van der Waals surface area contributed by atoms with Gasteiger partial charge in [-0.05, 0) is 6.92 Å². The molecule has 0 heterocycles. The molecule has 0 bridgehead atoms. The number of Topliss-reactive ketones (excluding diaryl/α,β-unsaturated/α-hetero) is 3. The van der Waals surface area contributed by atoms with Crippen molar-refractivity contribution in [1.29, 1.82) is 0 Å². The molecule has 0 aromatic rings. The highest BCUT2D eigenvalue weighted by Crippen LogP contribution is 2.02. The molecule has 0 spiro atoms. The maximum atomic E-state index is 12.7. The summed E-state index contributed by atoms with van der Waals surface area (Å²) in [6, 6.07) is 0. The molecule has 0 aliphatic heterocycles. The first-order valence-electron chi connectivity index (χ1n) is 15.0. The Balaban J connectivity index is 0. The van der Waals surface area contributed by atoms with E-state index in [2.05, 4.69) is 25.4 Å². The van der Waals surface area contributed by atoms with Gasteiger partial charge in [-0.25, -0.2) is 0 Å². The van der Waals surface area contributed by atoms with Gasteiger partial charge in [-0.3, -0.25) is 47.9 Å². The molecule has 266 valence electrons. The Morgan fingerprint density at radius 3 is 1.28 bits per heavy atom. The molecule has 18 heteroatoms. The van der Waals surface area contributed by atoms with Crippen molar-refractivity contribution in [3.63, 3.8) is 0 Å². The molecule has 0 aliphatic rings. The summed E-state index contributed by atoms with van der Waals surface area (Å²) in [6.45, 7) is 2.51. The van der Waals surface area contributed by atoms with E-state index in [0.29, 0.717) is 6.54 Å². The van der Waals surface area contributed by atoms with Crippen molar-refractivity contribution >= 4 is 58.8 Å². The van der Waals surface area contributed by atoms with Gasteiger partial charge in [0.15, 0.2) is 11.6 Å². The third kappa shape index (κ3) is 22.4. The molecule has 5 amide bonds. The fraction of sp³-hybridized carbons (Fsp3) is 0.655. The van der Waals surface area contributed by atoms with Crippen molar-refractivity contribution in [3.05, 3.63) is 0 Å². The predicted molar refractivity (Wildman–Crippen MR) is 165 cm³/mol. The van der Waals surface area contributed by atoms with E-state index in [1.807, 2.05) is 13.8 Å². The molecular weight excluding hydrogens is 624 g/mol. The standard InChI is InChI=1S/C27H42N6O12.C2H6/c1-4-29-21(37)8-5-19(35)12-30-22(38)15-33(17-27(43)45-3)25(41)10-7-20(36)13-31-23(39)14-32(16-26(42)44-2)24(40)9-6-18(34)11-28;1-2/h4-17,28H2,1-3H3,(H,29,37)(H,30,38)(H,31,39);1-2H3. The van der Waals surface area contributed by atoms with Gasteiger partial charge in [0.1, 0.15) is 32.0 Å². The largest absolute Gasteiger partial charge is 0.468 e. The third-order valence-electron chi connectivity index (χ3n) is 5.90. The van der Waals surface area contributed by atoms with Crippen molar-refractivity contribution < 1.29 is 57.4 Å². The van der Waals surface area contributed by atoms with Crippen LogP contribution in [0.5, 0.6) is 0 Å². The normalized spacial score (nSPS) is 9.83. The number of carbonyl (C=O) groups is 10. The van der Waals surface area contributed by atoms with Crippen LogP contribution in [0.2, 0.25) is 0 Å². The minimum Gasteiger partial charge on any atom is -0.468 e. The fourth-order valence-corrected chi connectivity index (χ4v) is 3.38. The van der Waals surface area contributed by atoms with Crippen LogP contribution >= 0.6 is 0 Å². The summed E-state index contributed by atoms with van der Waals surface area (Å²) in [5, 5.41) is 7.12. The van der Waals surface area contributed by atoms with E-state index in [0.717, 1.165) is 24.0 Å². The van der Waals surface area contributed by atoms with Gasteiger partial charge in [-0.15, -0.1) is 0 Å². The predicted octanol–water partition coefficient (Wildman–Crippen LogP) is -2.61. The van der Waals surface area contributed by atoms with Crippen molar-refractivity contribution in [2.75, 3.05) is 66.6 Å². The molecule has 0 aromatic heterocycles. The van der Waals surface area contributed by atoms with E-state index in [9.17, 15) is 47.9 Å². The third-order valence-corrected chi connectivity index (χ3v) is 5.90. The van der Waals surface area contributed by atoms with Crippen molar-refractivity contribution in [3.8, 4) is 0 Å². The lowest BCUT2D eigenvalue weighted by atomic mass is 10.2. The average Bonchev–Trinajstić information content (AvgIpc) is 3.06.